The number of carbonyl (C=O) groups is 1. The van der Waals surface area contributed by atoms with Crippen LogP contribution in [-0.2, 0) is 17.1 Å². The van der Waals surface area contributed by atoms with Gasteiger partial charge in [-0.15, -0.1) is 0 Å². The molecule has 1 aliphatic heterocycles. The van der Waals surface area contributed by atoms with E-state index in [9.17, 15) is 22.0 Å². The molecule has 0 aliphatic carbocycles. The Labute approximate surface area is 222 Å². The predicted octanol–water partition coefficient (Wildman–Crippen LogP) is 3.90. The molecule has 3 N–H and O–H groups in total. The van der Waals surface area contributed by atoms with Crippen molar-refractivity contribution in [2.75, 3.05) is 24.1 Å². The summed E-state index contributed by atoms with van der Waals surface area (Å²) in [6.45, 7) is 0.577. The summed E-state index contributed by atoms with van der Waals surface area (Å²) in [7, 11) is -1.80. The normalized spacial score (nSPS) is 15.0. The van der Waals surface area contributed by atoms with Crippen molar-refractivity contribution in [3.63, 3.8) is 0 Å². The van der Waals surface area contributed by atoms with Gasteiger partial charge in [0.05, 0.1) is 28.7 Å². The molecule has 0 amide bonds. The number of hydrogen-bond acceptors (Lipinski definition) is 8. The smallest absolute Gasteiger partial charge is 0.243 e. The zero-order chi connectivity index (χ0) is 27.0. The van der Waals surface area contributed by atoms with Crippen LogP contribution in [0.15, 0.2) is 59.9 Å². The molecule has 2 aromatic carbocycles. The molecule has 0 bridgehead atoms. The Kier molecular flexibility index (Phi) is 6.99. The Bertz CT molecular complexity index is 1570. The van der Waals surface area contributed by atoms with Gasteiger partial charge < -0.3 is 15.6 Å². The molecule has 1 aliphatic rings. The zero-order valence-corrected chi connectivity index (χ0v) is 21.9. The van der Waals surface area contributed by atoms with Crippen LogP contribution in [0.5, 0.6) is 0 Å². The zero-order valence-electron chi connectivity index (χ0n) is 20.3. The van der Waals surface area contributed by atoms with Crippen molar-refractivity contribution in [1.82, 2.24) is 18.8 Å². The third-order valence-corrected chi connectivity index (χ3v) is 9.35. The highest BCUT2D eigenvalue weighted by molar-refractivity contribution is 7.89. The third-order valence-electron chi connectivity index (χ3n) is 6.44. The summed E-state index contributed by atoms with van der Waals surface area (Å²) in [6.07, 6.45) is 4.39. The van der Waals surface area contributed by atoms with Gasteiger partial charge in [-0.3, -0.25) is 4.79 Å². The first kappa shape index (κ1) is 25.9. The van der Waals surface area contributed by atoms with Gasteiger partial charge in [0.2, 0.25) is 15.8 Å². The fraction of sp³-hybridized carbons (Fsp3) is 0.240. The van der Waals surface area contributed by atoms with Crippen molar-refractivity contribution >= 4 is 38.1 Å². The Hall–Kier alpha value is -3.68. The van der Waals surface area contributed by atoms with Crippen molar-refractivity contribution in [1.29, 1.82) is 0 Å². The summed E-state index contributed by atoms with van der Waals surface area (Å²) < 4.78 is 57.8. The van der Waals surface area contributed by atoms with Crippen molar-refractivity contribution < 1.29 is 22.0 Å². The molecular formula is C25H24F2N6O3S2. The van der Waals surface area contributed by atoms with E-state index in [0.717, 1.165) is 34.7 Å². The van der Waals surface area contributed by atoms with Gasteiger partial charge in [0.25, 0.3) is 0 Å². The first-order valence-corrected chi connectivity index (χ1v) is 14.0. The summed E-state index contributed by atoms with van der Waals surface area (Å²) >= 11 is 0.910. The van der Waals surface area contributed by atoms with E-state index >= 15 is 0 Å². The Morgan fingerprint density at radius 1 is 1.11 bits per heavy atom. The third kappa shape index (κ3) is 4.91. The first-order chi connectivity index (χ1) is 18.1. The van der Waals surface area contributed by atoms with Crippen LogP contribution in [0.25, 0.3) is 11.3 Å². The van der Waals surface area contributed by atoms with Crippen LogP contribution in [0.1, 0.15) is 28.1 Å². The average Bonchev–Trinajstić information content (AvgIpc) is 3.49. The Morgan fingerprint density at radius 2 is 1.76 bits per heavy atom. The lowest BCUT2D eigenvalue weighted by Gasteiger charge is -2.31. The second kappa shape index (κ2) is 10.2. The quantitative estimate of drug-likeness (QED) is 0.330. The number of hydrogen-bond donors (Lipinski definition) is 2. The lowest BCUT2D eigenvalue weighted by Crippen LogP contribution is -2.42. The minimum atomic E-state index is -3.67. The van der Waals surface area contributed by atoms with E-state index in [0.29, 0.717) is 18.0 Å². The molecule has 0 spiro atoms. The van der Waals surface area contributed by atoms with Gasteiger partial charge in [0.1, 0.15) is 22.3 Å². The van der Waals surface area contributed by atoms with Gasteiger partial charge in [-0.2, -0.15) is 4.31 Å². The molecule has 13 heteroatoms. The molecule has 0 unspecified atom stereocenters. The summed E-state index contributed by atoms with van der Waals surface area (Å²) in [4.78, 5) is 21.1. The number of rotatable bonds is 7. The number of ketones is 1. The highest BCUT2D eigenvalue weighted by Crippen LogP contribution is 2.31. The van der Waals surface area contributed by atoms with E-state index in [2.05, 4.69) is 15.3 Å². The van der Waals surface area contributed by atoms with Crippen LogP contribution in [0.4, 0.5) is 19.7 Å². The van der Waals surface area contributed by atoms with E-state index in [-0.39, 0.29) is 34.7 Å². The molecular weight excluding hydrogens is 534 g/mol. The van der Waals surface area contributed by atoms with Crippen LogP contribution in [0.2, 0.25) is 0 Å². The van der Waals surface area contributed by atoms with Crippen LogP contribution < -0.4 is 11.1 Å². The molecule has 0 radical (unpaired) electrons. The van der Waals surface area contributed by atoms with Gasteiger partial charge in [0, 0.05) is 26.2 Å². The Balaban J connectivity index is 1.23. The number of aryl methyl sites for hydroxylation is 1. The highest BCUT2D eigenvalue weighted by Gasteiger charge is 2.30. The number of aromatic nitrogens is 3. The van der Waals surface area contributed by atoms with Crippen LogP contribution >= 0.6 is 11.3 Å². The van der Waals surface area contributed by atoms with Gasteiger partial charge in [-0.25, -0.2) is 27.2 Å². The maximum atomic E-state index is 14.1. The van der Waals surface area contributed by atoms with E-state index in [1.54, 1.807) is 36.8 Å². The SMILES string of the molecule is Cn1cncc1-c1ccc(S(=O)(=O)N2CCC(Nc3nc(N)c(C(=O)c4c(F)cccc4F)s3)CC2)cc1. The molecule has 0 atom stereocenters. The largest absolute Gasteiger partial charge is 0.382 e. The summed E-state index contributed by atoms with van der Waals surface area (Å²) in [5, 5.41) is 3.50. The van der Waals surface area contributed by atoms with E-state index in [4.69, 9.17) is 5.73 Å². The number of halogens is 2. The maximum absolute atomic E-state index is 14.1. The lowest BCUT2D eigenvalue weighted by molar-refractivity contribution is 0.103. The highest BCUT2D eigenvalue weighted by atomic mass is 32.2. The van der Waals surface area contributed by atoms with E-state index < -0.39 is 33.0 Å². The first-order valence-electron chi connectivity index (χ1n) is 11.7. The number of nitrogens with two attached hydrogens (primary N) is 1. The minimum Gasteiger partial charge on any atom is -0.382 e. The van der Waals surface area contributed by atoms with Crippen LogP contribution in [-0.4, -0.2) is 52.2 Å². The number of benzene rings is 2. The van der Waals surface area contributed by atoms with Crippen molar-refractivity contribution in [2.24, 2.45) is 7.05 Å². The average molecular weight is 559 g/mol. The molecule has 2 aromatic heterocycles. The van der Waals surface area contributed by atoms with Crippen molar-refractivity contribution in [2.45, 2.75) is 23.8 Å². The van der Waals surface area contributed by atoms with E-state index in [1.165, 1.54) is 10.4 Å². The molecule has 9 nitrogen and oxygen atoms in total. The number of carbonyl (C=O) groups excluding carboxylic acids is 1. The topological polar surface area (TPSA) is 123 Å². The minimum absolute atomic E-state index is 0.0638. The number of anilines is 2. The van der Waals surface area contributed by atoms with E-state index in [1.807, 2.05) is 11.6 Å². The molecule has 1 saturated heterocycles. The second-order valence-electron chi connectivity index (χ2n) is 8.90. The molecule has 3 heterocycles. The number of piperidine rings is 1. The lowest BCUT2D eigenvalue weighted by atomic mass is 10.1. The molecule has 1 fully saturated rings. The summed E-state index contributed by atoms with van der Waals surface area (Å²) in [5.41, 5.74) is 6.95. The van der Waals surface area contributed by atoms with Gasteiger partial charge in [0.15, 0.2) is 5.13 Å². The van der Waals surface area contributed by atoms with Gasteiger partial charge >= 0.3 is 0 Å². The standard InChI is InChI=1S/C25H24F2N6O3S2/c1-32-14-29-13-20(32)15-5-7-17(8-6-15)38(35,36)33-11-9-16(10-12-33)30-25-31-24(28)23(37-25)22(34)21-18(26)3-2-4-19(21)27/h2-8,13-14,16H,9-12,28H2,1H3,(H,30,31). The van der Waals surface area contributed by atoms with Gasteiger partial charge in [-0.05, 0) is 42.7 Å². The predicted molar refractivity (Wildman–Crippen MR) is 140 cm³/mol. The molecule has 198 valence electrons. The summed E-state index contributed by atoms with van der Waals surface area (Å²) in [6, 6.07) is 9.78. The number of nitrogen functional groups attached to an aromatic ring is 1. The fourth-order valence-electron chi connectivity index (χ4n) is 4.38. The van der Waals surface area contributed by atoms with Gasteiger partial charge in [-0.1, -0.05) is 29.5 Å². The maximum Gasteiger partial charge on any atom is 0.243 e. The number of nitrogens with one attached hydrogen (secondary N) is 1. The summed E-state index contributed by atoms with van der Waals surface area (Å²) in [5.74, 6) is -2.95. The monoisotopic (exact) mass is 558 g/mol. The number of nitrogens with zero attached hydrogens (tertiary/aromatic N) is 4. The fourth-order valence-corrected chi connectivity index (χ4v) is 6.76. The van der Waals surface area contributed by atoms with Crippen molar-refractivity contribution in [3.05, 3.63) is 77.1 Å². The number of imidazole rings is 1. The molecule has 38 heavy (non-hydrogen) atoms. The molecule has 0 saturated carbocycles. The van der Waals surface area contributed by atoms with Crippen LogP contribution in [0.3, 0.4) is 0 Å². The number of thiazole rings is 1. The molecule has 4 aromatic rings. The Morgan fingerprint density at radius 3 is 2.37 bits per heavy atom. The second-order valence-corrected chi connectivity index (χ2v) is 11.8. The van der Waals surface area contributed by atoms with Crippen molar-refractivity contribution in [3.8, 4) is 11.3 Å². The molecule has 5 rings (SSSR count). The van der Waals surface area contributed by atoms with Crippen LogP contribution in [0, 0.1) is 11.6 Å². The number of sulfonamides is 1.